The Labute approximate surface area is 195 Å². The van der Waals surface area contributed by atoms with Crippen molar-refractivity contribution in [1.29, 1.82) is 0 Å². The number of aryl methyl sites for hydroxylation is 1. The zero-order valence-electron chi connectivity index (χ0n) is 18.7. The molecule has 0 spiro atoms. The number of benzene rings is 3. The second kappa shape index (κ2) is 9.99. The molecule has 1 heterocycles. The summed E-state index contributed by atoms with van der Waals surface area (Å²) in [6.45, 7) is 3.27. The van der Waals surface area contributed by atoms with Crippen molar-refractivity contribution < 1.29 is 18.7 Å². The SMILES string of the molecule is Cc1nc2cc(NC(=O)[C@H](C)N(C(=O)OCc3ccccc3)c3ccccc3)ccc2c(=O)o1. The third kappa shape index (κ3) is 5.12. The summed E-state index contributed by atoms with van der Waals surface area (Å²) >= 11 is 0. The first-order chi connectivity index (χ1) is 16.4. The molecule has 0 unspecified atom stereocenters. The minimum Gasteiger partial charge on any atom is -0.444 e. The van der Waals surface area contributed by atoms with Crippen molar-refractivity contribution in [3.63, 3.8) is 0 Å². The van der Waals surface area contributed by atoms with Gasteiger partial charge in [-0.15, -0.1) is 0 Å². The Morgan fingerprint density at radius 2 is 1.71 bits per heavy atom. The Morgan fingerprint density at radius 3 is 2.41 bits per heavy atom. The predicted octanol–water partition coefficient (Wildman–Crippen LogP) is 4.67. The average Bonchev–Trinajstić information content (AvgIpc) is 2.84. The van der Waals surface area contributed by atoms with Gasteiger partial charge in [-0.1, -0.05) is 48.5 Å². The summed E-state index contributed by atoms with van der Waals surface area (Å²) < 4.78 is 10.5. The van der Waals surface area contributed by atoms with Gasteiger partial charge in [-0.25, -0.2) is 14.6 Å². The smallest absolute Gasteiger partial charge is 0.415 e. The number of carbonyl (C=O) groups excluding carboxylic acids is 2. The monoisotopic (exact) mass is 457 g/mol. The molecule has 0 fully saturated rings. The lowest BCUT2D eigenvalue weighted by Gasteiger charge is -2.27. The fourth-order valence-electron chi connectivity index (χ4n) is 3.48. The number of nitrogens with one attached hydrogen (secondary N) is 1. The highest BCUT2D eigenvalue weighted by atomic mass is 16.6. The van der Waals surface area contributed by atoms with Gasteiger partial charge < -0.3 is 14.5 Å². The van der Waals surface area contributed by atoms with Gasteiger partial charge in [0, 0.05) is 18.3 Å². The summed E-state index contributed by atoms with van der Waals surface area (Å²) in [6, 6.07) is 22.0. The zero-order chi connectivity index (χ0) is 24.1. The molecule has 3 aromatic carbocycles. The average molecular weight is 457 g/mol. The molecule has 4 rings (SSSR count). The number of amides is 2. The normalized spacial score (nSPS) is 11.6. The van der Waals surface area contributed by atoms with E-state index in [0.29, 0.717) is 22.3 Å². The summed E-state index contributed by atoms with van der Waals surface area (Å²) in [7, 11) is 0. The molecule has 0 aliphatic heterocycles. The Bertz CT molecular complexity index is 1370. The van der Waals surface area contributed by atoms with Crippen molar-refractivity contribution in [2.45, 2.75) is 26.5 Å². The number of para-hydroxylation sites is 1. The summed E-state index contributed by atoms with van der Waals surface area (Å²) in [5, 5.41) is 3.10. The van der Waals surface area contributed by atoms with E-state index in [1.165, 1.54) is 11.0 Å². The molecule has 172 valence electrons. The second-order valence-corrected chi connectivity index (χ2v) is 7.66. The van der Waals surface area contributed by atoms with E-state index in [0.717, 1.165) is 5.56 Å². The minimum atomic E-state index is -0.892. The third-order valence-corrected chi connectivity index (χ3v) is 5.21. The molecule has 1 aromatic heterocycles. The molecular formula is C26H23N3O5. The first-order valence-corrected chi connectivity index (χ1v) is 10.7. The van der Waals surface area contributed by atoms with Crippen LogP contribution in [0.2, 0.25) is 0 Å². The molecule has 0 aliphatic carbocycles. The van der Waals surface area contributed by atoms with Crippen LogP contribution in [0.25, 0.3) is 10.9 Å². The Kier molecular flexibility index (Phi) is 6.68. The van der Waals surface area contributed by atoms with Gasteiger partial charge in [0.05, 0.1) is 10.9 Å². The largest absolute Gasteiger partial charge is 0.444 e. The zero-order valence-corrected chi connectivity index (χ0v) is 18.7. The molecule has 2 amide bonds. The van der Waals surface area contributed by atoms with E-state index >= 15 is 0 Å². The Morgan fingerprint density at radius 1 is 1.03 bits per heavy atom. The van der Waals surface area contributed by atoms with Crippen LogP contribution in [0.15, 0.2) is 88.1 Å². The van der Waals surface area contributed by atoms with Gasteiger partial charge in [0.25, 0.3) is 0 Å². The molecule has 34 heavy (non-hydrogen) atoms. The highest BCUT2D eigenvalue weighted by molar-refractivity contribution is 6.03. The fraction of sp³-hybridized carbons (Fsp3) is 0.154. The van der Waals surface area contributed by atoms with Crippen molar-refractivity contribution in [2.75, 3.05) is 10.2 Å². The van der Waals surface area contributed by atoms with Gasteiger partial charge in [-0.3, -0.25) is 9.69 Å². The molecule has 0 saturated heterocycles. The molecule has 4 aromatic rings. The quantitative estimate of drug-likeness (QED) is 0.452. The third-order valence-electron chi connectivity index (χ3n) is 5.21. The maximum absolute atomic E-state index is 13.1. The van der Waals surface area contributed by atoms with E-state index in [1.807, 2.05) is 36.4 Å². The van der Waals surface area contributed by atoms with Gasteiger partial charge in [-0.05, 0) is 42.8 Å². The van der Waals surface area contributed by atoms with E-state index in [2.05, 4.69) is 10.3 Å². The summed E-state index contributed by atoms with van der Waals surface area (Å²) in [6.07, 6.45) is -0.647. The molecule has 0 saturated carbocycles. The number of fused-ring (bicyclic) bond motifs is 1. The maximum atomic E-state index is 13.1. The summed E-state index contributed by atoms with van der Waals surface area (Å²) in [5.74, 6) is -0.203. The number of nitrogens with zero attached hydrogens (tertiary/aromatic N) is 2. The fourth-order valence-corrected chi connectivity index (χ4v) is 3.48. The standard InChI is InChI=1S/C26H23N3O5/c1-17(24(30)28-20-13-14-22-23(15-20)27-18(2)34-25(22)31)29(21-11-7-4-8-12-21)26(32)33-16-19-9-5-3-6-10-19/h3-15,17H,16H2,1-2H3,(H,28,30)/t17-/m0/s1. The second-order valence-electron chi connectivity index (χ2n) is 7.66. The van der Waals surface area contributed by atoms with Gasteiger partial charge >= 0.3 is 11.7 Å². The Hall–Kier alpha value is -4.46. The van der Waals surface area contributed by atoms with Crippen molar-refractivity contribution in [3.05, 3.63) is 101 Å². The molecule has 8 nitrogen and oxygen atoms in total. The van der Waals surface area contributed by atoms with Crippen LogP contribution in [-0.2, 0) is 16.1 Å². The van der Waals surface area contributed by atoms with Crippen LogP contribution in [0.1, 0.15) is 18.4 Å². The van der Waals surface area contributed by atoms with Crippen molar-refractivity contribution in [2.24, 2.45) is 0 Å². The molecule has 0 radical (unpaired) electrons. The van der Waals surface area contributed by atoms with E-state index < -0.39 is 23.7 Å². The van der Waals surface area contributed by atoms with Crippen molar-refractivity contribution in [1.82, 2.24) is 4.98 Å². The lowest BCUT2D eigenvalue weighted by molar-refractivity contribution is -0.117. The molecule has 8 heteroatoms. The Balaban J connectivity index is 1.55. The number of ether oxygens (including phenoxy) is 1. The lowest BCUT2D eigenvalue weighted by Crippen LogP contribution is -2.46. The number of hydrogen-bond acceptors (Lipinski definition) is 6. The van der Waals surface area contributed by atoms with E-state index in [1.54, 1.807) is 50.2 Å². The molecule has 0 bridgehead atoms. The van der Waals surface area contributed by atoms with E-state index in [4.69, 9.17) is 9.15 Å². The number of anilines is 2. The highest BCUT2D eigenvalue weighted by Gasteiger charge is 2.29. The first-order valence-electron chi connectivity index (χ1n) is 10.7. The van der Waals surface area contributed by atoms with Crippen molar-refractivity contribution in [3.8, 4) is 0 Å². The topological polar surface area (TPSA) is 102 Å². The van der Waals surface area contributed by atoms with Gasteiger partial charge in [0.15, 0.2) is 5.89 Å². The maximum Gasteiger partial charge on any atom is 0.415 e. The van der Waals surface area contributed by atoms with Gasteiger partial charge in [0.2, 0.25) is 5.91 Å². The van der Waals surface area contributed by atoms with Crippen molar-refractivity contribution >= 4 is 34.3 Å². The van der Waals surface area contributed by atoms with Crippen LogP contribution in [0, 0.1) is 6.92 Å². The van der Waals surface area contributed by atoms with Gasteiger partial charge in [0.1, 0.15) is 12.6 Å². The van der Waals surface area contributed by atoms with Crippen LogP contribution >= 0.6 is 0 Å². The van der Waals surface area contributed by atoms with Crippen LogP contribution < -0.4 is 15.8 Å². The van der Waals surface area contributed by atoms with Crippen LogP contribution in [0.3, 0.4) is 0 Å². The van der Waals surface area contributed by atoms with Crippen LogP contribution in [0.5, 0.6) is 0 Å². The van der Waals surface area contributed by atoms with E-state index in [9.17, 15) is 14.4 Å². The molecule has 0 aliphatic rings. The van der Waals surface area contributed by atoms with Gasteiger partial charge in [-0.2, -0.15) is 0 Å². The van der Waals surface area contributed by atoms with E-state index in [-0.39, 0.29) is 12.5 Å². The lowest BCUT2D eigenvalue weighted by atomic mass is 10.2. The minimum absolute atomic E-state index is 0.0790. The number of rotatable bonds is 6. The molecule has 1 atom stereocenters. The predicted molar refractivity (Wildman–Crippen MR) is 129 cm³/mol. The van der Waals surface area contributed by atoms with Crippen LogP contribution in [-0.4, -0.2) is 23.0 Å². The summed E-state index contributed by atoms with van der Waals surface area (Å²) in [4.78, 5) is 43.6. The number of aromatic nitrogens is 1. The van der Waals surface area contributed by atoms with Crippen LogP contribution in [0.4, 0.5) is 16.2 Å². The number of carbonyl (C=O) groups is 2. The molecule has 1 N–H and O–H groups in total. The first kappa shape index (κ1) is 22.7. The number of hydrogen-bond donors (Lipinski definition) is 1. The summed E-state index contributed by atoms with van der Waals surface area (Å²) in [5.41, 5.74) is 1.71. The molecular weight excluding hydrogens is 434 g/mol. The highest BCUT2D eigenvalue weighted by Crippen LogP contribution is 2.21.